The van der Waals surface area contributed by atoms with E-state index in [-0.39, 0.29) is 0 Å². The summed E-state index contributed by atoms with van der Waals surface area (Å²) in [6.45, 7) is 8.42. The second kappa shape index (κ2) is 8.53. The van der Waals surface area contributed by atoms with E-state index in [9.17, 15) is 4.79 Å². The third kappa shape index (κ3) is 4.49. The maximum atomic E-state index is 11.0. The van der Waals surface area contributed by atoms with Gasteiger partial charge < -0.3 is 4.74 Å². The van der Waals surface area contributed by atoms with Crippen LogP contribution in [0.5, 0.6) is 5.75 Å². The molecular weight excluding hydrogens is 363 g/mol. The maximum Gasteiger partial charge on any atom is 0.150 e. The SMILES string of the molecule is C=C.Cc1ccccc1OCc1cc(I)ccc1C=O. The van der Waals surface area contributed by atoms with Gasteiger partial charge in [-0.25, -0.2) is 0 Å². The molecule has 0 saturated heterocycles. The van der Waals surface area contributed by atoms with E-state index in [1.807, 2.05) is 49.4 Å². The first-order valence-corrected chi connectivity index (χ1v) is 7.20. The molecule has 0 radical (unpaired) electrons. The molecule has 0 bridgehead atoms. The van der Waals surface area contributed by atoms with Crippen LogP contribution in [-0.2, 0) is 6.61 Å². The molecule has 0 aromatic heterocycles. The molecule has 0 aliphatic rings. The molecule has 2 rings (SSSR count). The van der Waals surface area contributed by atoms with E-state index >= 15 is 0 Å². The van der Waals surface area contributed by atoms with E-state index in [0.717, 1.165) is 26.7 Å². The third-order valence-electron chi connectivity index (χ3n) is 2.71. The second-order valence-electron chi connectivity index (χ2n) is 4.02. The minimum Gasteiger partial charge on any atom is -0.489 e. The van der Waals surface area contributed by atoms with Gasteiger partial charge in [0.05, 0.1) is 0 Å². The Morgan fingerprint density at radius 1 is 1.20 bits per heavy atom. The molecular formula is C17H17IO2. The summed E-state index contributed by atoms with van der Waals surface area (Å²) in [5.74, 6) is 0.855. The van der Waals surface area contributed by atoms with Crippen LogP contribution in [0, 0.1) is 10.5 Å². The van der Waals surface area contributed by atoms with Crippen LogP contribution in [0.4, 0.5) is 0 Å². The lowest BCUT2D eigenvalue weighted by Crippen LogP contribution is -2.01. The summed E-state index contributed by atoms with van der Waals surface area (Å²) in [6, 6.07) is 13.6. The molecule has 0 saturated carbocycles. The Balaban J connectivity index is 0.000000956. The minimum absolute atomic E-state index is 0.412. The number of carbonyl (C=O) groups excluding carboxylic acids is 1. The largest absolute Gasteiger partial charge is 0.489 e. The summed E-state index contributed by atoms with van der Waals surface area (Å²) in [5.41, 5.74) is 2.69. The molecule has 0 unspecified atom stereocenters. The average Bonchev–Trinajstić information content (AvgIpc) is 2.49. The molecule has 0 N–H and O–H groups in total. The fraction of sp³-hybridized carbons (Fsp3) is 0.118. The van der Waals surface area contributed by atoms with Crippen molar-refractivity contribution < 1.29 is 9.53 Å². The van der Waals surface area contributed by atoms with Gasteiger partial charge in [0.25, 0.3) is 0 Å². The van der Waals surface area contributed by atoms with Gasteiger partial charge in [-0.15, -0.1) is 13.2 Å². The molecule has 0 heterocycles. The molecule has 0 atom stereocenters. The highest BCUT2D eigenvalue weighted by molar-refractivity contribution is 14.1. The van der Waals surface area contributed by atoms with Crippen molar-refractivity contribution in [1.29, 1.82) is 0 Å². The average molecular weight is 380 g/mol. The number of rotatable bonds is 4. The fourth-order valence-electron chi connectivity index (χ4n) is 1.69. The van der Waals surface area contributed by atoms with E-state index < -0.39 is 0 Å². The molecule has 0 amide bonds. The Hall–Kier alpha value is -1.62. The minimum atomic E-state index is 0.412. The van der Waals surface area contributed by atoms with E-state index in [4.69, 9.17) is 4.74 Å². The van der Waals surface area contributed by atoms with Gasteiger partial charge in [0, 0.05) is 14.7 Å². The molecule has 2 aromatic rings. The summed E-state index contributed by atoms with van der Waals surface area (Å²) in [6.07, 6.45) is 0.868. The molecule has 20 heavy (non-hydrogen) atoms. The van der Waals surface area contributed by atoms with Crippen LogP contribution in [0.3, 0.4) is 0 Å². The van der Waals surface area contributed by atoms with Crippen molar-refractivity contribution >= 4 is 28.9 Å². The normalized spacial score (nSPS) is 9.30. The number of para-hydroxylation sites is 1. The molecule has 0 aliphatic carbocycles. The topological polar surface area (TPSA) is 26.3 Å². The highest BCUT2D eigenvalue weighted by Crippen LogP contribution is 2.19. The highest BCUT2D eigenvalue weighted by atomic mass is 127. The first kappa shape index (κ1) is 16.4. The summed E-state index contributed by atoms with van der Waals surface area (Å²) >= 11 is 2.23. The number of halogens is 1. The van der Waals surface area contributed by atoms with Crippen LogP contribution in [0.25, 0.3) is 0 Å². The molecule has 2 aromatic carbocycles. The van der Waals surface area contributed by atoms with Crippen LogP contribution in [0.15, 0.2) is 55.6 Å². The number of hydrogen-bond acceptors (Lipinski definition) is 2. The van der Waals surface area contributed by atoms with E-state index in [0.29, 0.717) is 12.2 Å². The van der Waals surface area contributed by atoms with Crippen LogP contribution < -0.4 is 4.74 Å². The smallest absolute Gasteiger partial charge is 0.150 e. The van der Waals surface area contributed by atoms with Gasteiger partial charge >= 0.3 is 0 Å². The van der Waals surface area contributed by atoms with Crippen LogP contribution >= 0.6 is 22.6 Å². The first-order valence-electron chi connectivity index (χ1n) is 6.13. The van der Waals surface area contributed by atoms with Crippen molar-refractivity contribution in [2.24, 2.45) is 0 Å². The summed E-state index contributed by atoms with van der Waals surface area (Å²) in [5, 5.41) is 0. The van der Waals surface area contributed by atoms with Crippen molar-refractivity contribution in [1.82, 2.24) is 0 Å². The van der Waals surface area contributed by atoms with Gasteiger partial charge in [0.15, 0.2) is 0 Å². The lowest BCUT2D eigenvalue weighted by atomic mass is 10.1. The van der Waals surface area contributed by atoms with Crippen molar-refractivity contribution in [3.8, 4) is 5.75 Å². The zero-order valence-corrected chi connectivity index (χ0v) is 13.6. The number of ether oxygens (including phenoxy) is 1. The Bertz CT molecular complexity index is 579. The van der Waals surface area contributed by atoms with Gasteiger partial charge in [-0.1, -0.05) is 24.3 Å². The van der Waals surface area contributed by atoms with Crippen LogP contribution in [0.2, 0.25) is 0 Å². The Morgan fingerprint density at radius 3 is 2.55 bits per heavy atom. The van der Waals surface area contributed by atoms with E-state index in [1.54, 1.807) is 0 Å². The monoisotopic (exact) mass is 380 g/mol. The molecule has 0 fully saturated rings. The Morgan fingerprint density at radius 2 is 1.90 bits per heavy atom. The van der Waals surface area contributed by atoms with Crippen molar-refractivity contribution in [3.05, 3.63) is 75.9 Å². The van der Waals surface area contributed by atoms with Crippen molar-refractivity contribution in [3.63, 3.8) is 0 Å². The summed E-state index contributed by atoms with van der Waals surface area (Å²) in [4.78, 5) is 11.0. The third-order valence-corrected chi connectivity index (χ3v) is 3.38. The molecule has 104 valence electrons. The zero-order valence-electron chi connectivity index (χ0n) is 11.4. The van der Waals surface area contributed by atoms with Gasteiger partial charge in [-0.3, -0.25) is 4.79 Å². The molecule has 2 nitrogen and oxygen atoms in total. The standard InChI is InChI=1S/C15H13IO2.C2H4/c1-11-4-2-3-5-15(11)18-10-13-8-14(16)7-6-12(13)9-17;1-2/h2-9H,10H2,1H3;1-2H2. The van der Waals surface area contributed by atoms with E-state index in [2.05, 4.69) is 35.7 Å². The predicted octanol–water partition coefficient (Wildman–Crippen LogP) is 4.79. The van der Waals surface area contributed by atoms with Gasteiger partial charge in [-0.2, -0.15) is 0 Å². The molecule has 3 heteroatoms. The highest BCUT2D eigenvalue weighted by Gasteiger charge is 2.04. The summed E-state index contributed by atoms with van der Waals surface area (Å²) in [7, 11) is 0. The lowest BCUT2D eigenvalue weighted by Gasteiger charge is -2.10. The molecule has 0 aliphatic heterocycles. The Labute approximate surface area is 133 Å². The van der Waals surface area contributed by atoms with E-state index in [1.165, 1.54) is 0 Å². The van der Waals surface area contributed by atoms with Crippen molar-refractivity contribution in [2.75, 3.05) is 0 Å². The Kier molecular flexibility index (Phi) is 7.01. The number of benzene rings is 2. The van der Waals surface area contributed by atoms with Crippen LogP contribution in [-0.4, -0.2) is 6.29 Å². The predicted molar refractivity (Wildman–Crippen MR) is 91.3 cm³/mol. The fourth-order valence-corrected chi connectivity index (χ4v) is 2.24. The van der Waals surface area contributed by atoms with Gasteiger partial charge in [-0.05, 0) is 53.3 Å². The van der Waals surface area contributed by atoms with Crippen molar-refractivity contribution in [2.45, 2.75) is 13.5 Å². The number of aryl methyl sites for hydroxylation is 1. The number of aldehydes is 1. The number of hydrogen-bond donors (Lipinski definition) is 0. The van der Waals surface area contributed by atoms with Crippen LogP contribution in [0.1, 0.15) is 21.5 Å². The van der Waals surface area contributed by atoms with Gasteiger partial charge in [0.1, 0.15) is 18.6 Å². The second-order valence-corrected chi connectivity index (χ2v) is 5.26. The lowest BCUT2D eigenvalue weighted by molar-refractivity contribution is 0.112. The molecule has 0 spiro atoms. The zero-order chi connectivity index (χ0) is 15.0. The quantitative estimate of drug-likeness (QED) is 0.433. The first-order chi connectivity index (χ1) is 9.70. The number of carbonyl (C=O) groups is 1. The summed E-state index contributed by atoms with van der Waals surface area (Å²) < 4.78 is 6.86. The maximum absolute atomic E-state index is 11.0. The van der Waals surface area contributed by atoms with Gasteiger partial charge in [0.2, 0.25) is 0 Å².